The molecule has 0 rings (SSSR count). The minimum absolute atomic E-state index is 0.0106. The molecule has 0 saturated heterocycles. The predicted molar refractivity (Wildman–Crippen MR) is 471 cm³/mol. The van der Waals surface area contributed by atoms with Gasteiger partial charge in [0, 0.05) is 58.7 Å². The fourth-order valence-corrected chi connectivity index (χ4v) is 11.3. The highest BCUT2D eigenvalue weighted by Gasteiger charge is 2.37. The van der Waals surface area contributed by atoms with Gasteiger partial charge in [-0.15, -0.1) is 0 Å². The average molecular weight is 1990 g/mol. The summed E-state index contributed by atoms with van der Waals surface area (Å²) in [5.41, 5.74) is 0. The van der Waals surface area contributed by atoms with Gasteiger partial charge >= 0.3 is 0 Å². The van der Waals surface area contributed by atoms with Gasteiger partial charge in [0.2, 0.25) is 11.8 Å². The van der Waals surface area contributed by atoms with Gasteiger partial charge in [-0.05, 0) is 19.3 Å². The van der Waals surface area contributed by atoms with E-state index in [-0.39, 0.29) is 110 Å². The average Bonchev–Trinajstić information content (AvgIpc) is 0.871. The van der Waals surface area contributed by atoms with Crippen LogP contribution in [0.25, 0.3) is 0 Å². The zero-order valence-electron chi connectivity index (χ0n) is 78.5. The fourth-order valence-electron chi connectivity index (χ4n) is 11.3. The van der Waals surface area contributed by atoms with Gasteiger partial charge in [-0.25, -0.2) is 0 Å². The van der Waals surface area contributed by atoms with Crippen LogP contribution in [0.5, 0.6) is 0 Å². The van der Waals surface area contributed by atoms with E-state index in [1.54, 1.807) is 0 Å². The summed E-state index contributed by atoms with van der Waals surface area (Å²) in [6.45, 7) is 11.3. The largest absolute Gasteiger partial charge is 0.394 e. The van der Waals surface area contributed by atoms with E-state index in [1.807, 2.05) is 0 Å². The van der Waals surface area contributed by atoms with Gasteiger partial charge in [0.05, 0.1) is 374 Å². The number of hydrogen-bond acceptors (Lipinski definition) is 49. The molecule has 0 heterocycles. The van der Waals surface area contributed by atoms with Crippen molar-refractivity contribution in [3.63, 3.8) is 0 Å². The molecular weight excluding hydrogens is 1820 g/mol. The van der Waals surface area contributed by atoms with Crippen molar-refractivity contribution >= 4 is 18.1 Å². The highest BCUT2D eigenvalue weighted by molar-refractivity contribution is 5.79. The Bertz CT molecular complexity index is 2460. The number of hydrogen-bond donors (Lipinski definition) is 22. The Kier molecular flexibility index (Phi) is 94.6. The molecule has 0 spiro atoms. The van der Waals surface area contributed by atoms with Crippen LogP contribution in [0, 0.1) is 0 Å². The fraction of sp³-hybridized carbons (Fsp3) is 0.964. The SMILES string of the molecule is O=C[C@H](CCCCNC(=O)CCOCCOCCOCCOCCOCCOCCOCCOCCOCCOCCOCCOCCN(C[C@H](O)[C@@H](O)[C@H](O)[C@H](O)CO)C[C@H](O)[C@@H](O)[C@H](O)[C@H](O)CO)NC(=O)CCOCCOCCOCCOCCOCCOCCOCCOCCOCCOCCOCCOCCN(C[C@H](O)[C@@H](O)[C@H](O)[C@H](O)CO)C[C@H](O)[C@@H](O)[C@H](O)[C@H](O)CO. The topological polar surface area (TPSA) is 708 Å². The van der Waals surface area contributed by atoms with Crippen molar-refractivity contribution in [1.29, 1.82) is 0 Å². The normalized spacial score (nSPS) is 16.0. The third-order valence-corrected chi connectivity index (χ3v) is 19.1. The van der Waals surface area contributed by atoms with Gasteiger partial charge in [-0.3, -0.25) is 19.4 Å². The molecule has 0 fully saturated rings. The number of nitrogens with one attached hydrogen (secondary N) is 2. The molecule has 22 N–H and O–H groups in total. The van der Waals surface area contributed by atoms with Gasteiger partial charge < -0.3 is 231 Å². The first-order valence-electron chi connectivity index (χ1n) is 46.2. The van der Waals surface area contributed by atoms with Crippen molar-refractivity contribution in [3.05, 3.63) is 0 Å². The zero-order chi connectivity index (χ0) is 99.5. The summed E-state index contributed by atoms with van der Waals surface area (Å²) in [6.07, 6.45) is -26.2. The van der Waals surface area contributed by atoms with E-state index < -0.39 is 156 Å². The number of aliphatic hydroxyl groups excluding tert-OH is 20. The van der Waals surface area contributed by atoms with Gasteiger partial charge in [0.25, 0.3) is 0 Å². The standard InChI is InChI=1S/C84H168N4O47/c89-61-66(86-76(103)5-10-113-14-18-117-22-26-121-30-34-125-38-42-129-46-50-133-54-56-135-52-48-131-44-40-127-36-32-123-28-24-119-20-16-115-12-8-88(59-69(96)79(106)83(110)73(100)64-92)60-70(97)80(107)84(111)74(101)65-93)3-1-2-6-85-75(102)4-9-112-13-17-116-21-25-120-29-33-124-37-41-128-45-49-132-53-55-134-51-47-130-43-39-126-35-31-122-27-23-118-19-15-114-11-7-87(57-67(94)77(104)81(108)71(98)62-90)58-68(95)78(105)82(109)72(99)63-91/h61,66-74,77-84,90-101,104-111H,1-60,62-65H2,(H,85,102)(H,86,103)/t66-,67-,68-,69-,70-,71+,72+,73+,74+,77+,78+,79+,80+,81+,82+,83+,84+/m0/s1. The van der Waals surface area contributed by atoms with Crippen molar-refractivity contribution in [2.24, 2.45) is 0 Å². The predicted octanol–water partition coefficient (Wildman–Crippen LogP) is -12.5. The Morgan fingerprint density at radius 3 is 0.563 bits per heavy atom. The third kappa shape index (κ3) is 79.9. The summed E-state index contributed by atoms with van der Waals surface area (Å²) in [5, 5.41) is 203. The molecule has 51 nitrogen and oxygen atoms in total. The first-order valence-corrected chi connectivity index (χ1v) is 46.2. The summed E-state index contributed by atoms with van der Waals surface area (Å²) < 4.78 is 132. The Morgan fingerprint density at radius 1 is 0.222 bits per heavy atom. The molecule has 0 aromatic carbocycles. The van der Waals surface area contributed by atoms with Crippen molar-refractivity contribution in [2.75, 3.05) is 389 Å². The van der Waals surface area contributed by atoms with Crippen LogP contribution < -0.4 is 10.6 Å². The molecule has 0 aliphatic carbocycles. The zero-order valence-corrected chi connectivity index (χ0v) is 78.5. The van der Waals surface area contributed by atoms with Gasteiger partial charge in [0.1, 0.15) is 79.5 Å². The molecule has 17 atom stereocenters. The van der Waals surface area contributed by atoms with E-state index >= 15 is 0 Å². The quantitative estimate of drug-likeness (QED) is 0.0199. The summed E-state index contributed by atoms with van der Waals surface area (Å²) in [7, 11) is 0. The molecule has 0 aliphatic rings. The minimum Gasteiger partial charge on any atom is -0.394 e. The summed E-state index contributed by atoms with van der Waals surface area (Å²) >= 11 is 0. The first-order chi connectivity index (χ1) is 65.5. The van der Waals surface area contributed by atoms with Crippen molar-refractivity contribution < 1.29 is 230 Å². The molecule has 0 aromatic heterocycles. The molecule has 0 bridgehead atoms. The number of carbonyl (C=O) groups is 3. The van der Waals surface area contributed by atoms with Crippen LogP contribution in [0.2, 0.25) is 0 Å². The number of nitrogens with zero attached hydrogens (tertiary/aromatic N) is 2. The lowest BCUT2D eigenvalue weighted by Gasteiger charge is -2.33. The molecule has 0 unspecified atom stereocenters. The van der Waals surface area contributed by atoms with Crippen molar-refractivity contribution in [1.82, 2.24) is 20.4 Å². The van der Waals surface area contributed by atoms with Crippen LogP contribution in [0.15, 0.2) is 0 Å². The Hall–Kier alpha value is -3.23. The highest BCUT2D eigenvalue weighted by Crippen LogP contribution is 2.14. The monoisotopic (exact) mass is 1990 g/mol. The second-order valence-corrected chi connectivity index (χ2v) is 30.1. The van der Waals surface area contributed by atoms with Crippen molar-refractivity contribution in [3.8, 4) is 0 Å². The summed E-state index contributed by atoms with van der Waals surface area (Å²) in [5.74, 6) is -0.462. The lowest BCUT2D eigenvalue weighted by molar-refractivity contribution is -0.131. The molecule has 0 radical (unpaired) electrons. The van der Waals surface area contributed by atoms with E-state index in [4.69, 9.17) is 134 Å². The van der Waals surface area contributed by atoms with Crippen LogP contribution in [-0.4, -0.2) is 623 Å². The van der Waals surface area contributed by atoms with E-state index in [2.05, 4.69) is 10.6 Å². The number of carbonyl (C=O) groups excluding carboxylic acids is 3. The second kappa shape index (κ2) is 96.9. The smallest absolute Gasteiger partial charge is 0.222 e. The van der Waals surface area contributed by atoms with Crippen LogP contribution in [0.1, 0.15) is 32.1 Å². The lowest BCUT2D eigenvalue weighted by atomic mass is 10.0. The number of rotatable bonds is 109. The van der Waals surface area contributed by atoms with Gasteiger partial charge in [-0.2, -0.15) is 0 Å². The third-order valence-electron chi connectivity index (χ3n) is 19.1. The second-order valence-electron chi connectivity index (χ2n) is 30.1. The van der Waals surface area contributed by atoms with Gasteiger partial charge in [0.15, 0.2) is 0 Å². The molecular formula is C84H168N4O47. The molecule has 0 aromatic rings. The Balaban J connectivity index is 3.55. The van der Waals surface area contributed by atoms with E-state index in [9.17, 15) is 96.1 Å². The van der Waals surface area contributed by atoms with Crippen molar-refractivity contribution in [2.45, 2.75) is 136 Å². The van der Waals surface area contributed by atoms with Gasteiger partial charge in [-0.1, -0.05) is 0 Å². The Morgan fingerprint density at radius 2 is 0.385 bits per heavy atom. The van der Waals surface area contributed by atoms with Crippen LogP contribution in [-0.2, 0) is 128 Å². The molecule has 0 aliphatic heterocycles. The van der Waals surface area contributed by atoms with E-state index in [0.717, 1.165) is 0 Å². The van der Waals surface area contributed by atoms with Crippen LogP contribution in [0.4, 0.5) is 0 Å². The summed E-state index contributed by atoms with van der Waals surface area (Å²) in [6, 6.07) is -0.643. The van der Waals surface area contributed by atoms with E-state index in [1.165, 1.54) is 9.80 Å². The first kappa shape index (κ1) is 132. The number of ether oxygens (including phenoxy) is 24. The van der Waals surface area contributed by atoms with Crippen LogP contribution >= 0.6 is 0 Å². The van der Waals surface area contributed by atoms with Crippen LogP contribution in [0.3, 0.4) is 0 Å². The molecule has 2 amide bonds. The maximum absolute atomic E-state index is 12.4. The minimum atomic E-state index is -1.90. The summed E-state index contributed by atoms with van der Waals surface area (Å²) in [4.78, 5) is 38.9. The number of aldehydes is 1. The lowest BCUT2D eigenvalue weighted by Crippen LogP contribution is -2.53. The maximum atomic E-state index is 12.4. The number of unbranched alkanes of at least 4 members (excludes halogenated alkanes) is 1. The number of aliphatic hydroxyl groups is 20. The van der Waals surface area contributed by atoms with E-state index in [0.29, 0.717) is 277 Å². The molecule has 806 valence electrons. The molecule has 135 heavy (non-hydrogen) atoms. The molecule has 51 heteroatoms. The number of amides is 2. The Labute approximate surface area is 791 Å². The highest BCUT2D eigenvalue weighted by atomic mass is 16.6. The molecule has 0 saturated carbocycles. The maximum Gasteiger partial charge on any atom is 0.222 e.